The number of benzene rings is 1. The fourth-order valence-corrected chi connectivity index (χ4v) is 5.03. The minimum Gasteiger partial charge on any atom is -0.385 e. The Labute approximate surface area is 205 Å². The Bertz CT molecular complexity index is 1320. The van der Waals surface area contributed by atoms with Crippen molar-refractivity contribution in [3.05, 3.63) is 59.2 Å². The quantitative estimate of drug-likeness (QED) is 0.554. The van der Waals surface area contributed by atoms with Crippen LogP contribution in [-0.4, -0.2) is 63.6 Å². The Kier molecular flexibility index (Phi) is 6.38. The fraction of sp³-hybridized carbons (Fsp3) is 0.407. The van der Waals surface area contributed by atoms with Gasteiger partial charge in [0.15, 0.2) is 0 Å². The molecule has 5 rings (SSSR count). The van der Waals surface area contributed by atoms with Gasteiger partial charge in [0.2, 0.25) is 5.91 Å². The first kappa shape index (κ1) is 23.2. The van der Waals surface area contributed by atoms with Gasteiger partial charge in [0.25, 0.3) is 0 Å². The first-order chi connectivity index (χ1) is 16.9. The maximum atomic E-state index is 12.2. The standard InChI is InChI=1S/C27H32N6O2/c1-17-4-5-19-12-25(20-13-30-32(3)15-20)29-14-22(19)26(17)27(28)23-16-33(18(2)34)9-6-24(23)31-21-7-10-35-11-8-21/h4-5,12-15,21,28,31H,6-11,16H2,1-3H3. The van der Waals surface area contributed by atoms with Crippen LogP contribution in [0.15, 0.2) is 48.1 Å². The molecule has 3 aromatic rings. The third kappa shape index (κ3) is 4.71. The summed E-state index contributed by atoms with van der Waals surface area (Å²) in [7, 11) is 1.89. The maximum Gasteiger partial charge on any atom is 0.219 e. The number of fused-ring (bicyclic) bond motifs is 1. The SMILES string of the molecule is CC(=O)N1CCC(NC2CCOCC2)=C(C(=N)c2c(C)ccc3cc(-c4cnn(C)c4)ncc23)C1. The highest BCUT2D eigenvalue weighted by molar-refractivity contribution is 6.19. The molecule has 1 saturated heterocycles. The lowest BCUT2D eigenvalue weighted by Gasteiger charge is -2.34. The third-order valence-corrected chi connectivity index (χ3v) is 7.05. The van der Waals surface area contributed by atoms with Crippen LogP contribution in [-0.2, 0) is 16.6 Å². The highest BCUT2D eigenvalue weighted by atomic mass is 16.5. The summed E-state index contributed by atoms with van der Waals surface area (Å²) in [6.45, 7) is 6.26. The van der Waals surface area contributed by atoms with E-state index < -0.39 is 0 Å². The van der Waals surface area contributed by atoms with Gasteiger partial charge in [-0.3, -0.25) is 19.9 Å². The summed E-state index contributed by atoms with van der Waals surface area (Å²) in [4.78, 5) is 18.8. The Morgan fingerprint density at radius 2 is 2.03 bits per heavy atom. The number of pyridine rings is 1. The predicted molar refractivity (Wildman–Crippen MR) is 136 cm³/mol. The first-order valence-electron chi connectivity index (χ1n) is 12.2. The second-order valence-electron chi connectivity index (χ2n) is 9.50. The van der Waals surface area contributed by atoms with E-state index in [9.17, 15) is 10.2 Å². The molecule has 1 aromatic carbocycles. The maximum absolute atomic E-state index is 12.2. The van der Waals surface area contributed by atoms with Crippen molar-refractivity contribution >= 4 is 22.4 Å². The Balaban J connectivity index is 1.55. The molecular formula is C27H32N6O2. The number of rotatable bonds is 5. The molecule has 2 aliphatic heterocycles. The number of nitrogens with zero attached hydrogens (tertiary/aromatic N) is 4. The topological polar surface area (TPSA) is 96.1 Å². The van der Waals surface area contributed by atoms with Crippen molar-refractivity contribution in [3.8, 4) is 11.3 Å². The highest BCUT2D eigenvalue weighted by Gasteiger charge is 2.27. The monoisotopic (exact) mass is 472 g/mol. The van der Waals surface area contributed by atoms with Gasteiger partial charge in [0.05, 0.1) is 17.6 Å². The number of nitrogens with one attached hydrogen (secondary N) is 2. The van der Waals surface area contributed by atoms with E-state index in [4.69, 9.17) is 9.72 Å². The molecule has 0 bridgehead atoms. The van der Waals surface area contributed by atoms with Gasteiger partial charge >= 0.3 is 0 Å². The molecular weight excluding hydrogens is 440 g/mol. The van der Waals surface area contributed by atoms with Gasteiger partial charge in [-0.05, 0) is 36.8 Å². The van der Waals surface area contributed by atoms with Crippen LogP contribution in [0.4, 0.5) is 0 Å². The lowest BCUT2D eigenvalue weighted by molar-refractivity contribution is -0.128. The molecule has 35 heavy (non-hydrogen) atoms. The number of aryl methyl sites for hydroxylation is 2. The van der Waals surface area contributed by atoms with E-state index >= 15 is 0 Å². The van der Waals surface area contributed by atoms with Crippen LogP contribution in [0.1, 0.15) is 37.3 Å². The summed E-state index contributed by atoms with van der Waals surface area (Å²) in [5.74, 6) is 0.0397. The summed E-state index contributed by atoms with van der Waals surface area (Å²) < 4.78 is 7.29. The number of carbonyl (C=O) groups is 1. The van der Waals surface area contributed by atoms with Crippen LogP contribution < -0.4 is 5.32 Å². The number of hydrogen-bond acceptors (Lipinski definition) is 6. The Morgan fingerprint density at radius 1 is 1.23 bits per heavy atom. The molecule has 8 heteroatoms. The van der Waals surface area contributed by atoms with E-state index in [0.717, 1.165) is 76.9 Å². The van der Waals surface area contributed by atoms with Crippen molar-refractivity contribution in [2.75, 3.05) is 26.3 Å². The molecule has 1 fully saturated rings. The number of aromatic nitrogens is 3. The van der Waals surface area contributed by atoms with E-state index in [2.05, 4.69) is 28.6 Å². The fourth-order valence-electron chi connectivity index (χ4n) is 5.03. The zero-order valence-corrected chi connectivity index (χ0v) is 20.6. The van der Waals surface area contributed by atoms with Crippen molar-refractivity contribution < 1.29 is 9.53 Å². The second-order valence-corrected chi connectivity index (χ2v) is 9.50. The largest absolute Gasteiger partial charge is 0.385 e. The van der Waals surface area contributed by atoms with Gasteiger partial charge in [-0.2, -0.15) is 5.10 Å². The van der Waals surface area contributed by atoms with E-state index in [-0.39, 0.29) is 5.91 Å². The lowest BCUT2D eigenvalue weighted by Crippen LogP contribution is -2.43. The predicted octanol–water partition coefficient (Wildman–Crippen LogP) is 3.59. The third-order valence-electron chi connectivity index (χ3n) is 7.05. The molecule has 4 heterocycles. The summed E-state index contributed by atoms with van der Waals surface area (Å²) >= 11 is 0. The van der Waals surface area contributed by atoms with Gasteiger partial charge in [-0.15, -0.1) is 0 Å². The van der Waals surface area contributed by atoms with Crippen LogP contribution in [0.5, 0.6) is 0 Å². The van der Waals surface area contributed by atoms with E-state index in [1.54, 1.807) is 11.6 Å². The zero-order chi connectivity index (χ0) is 24.5. The van der Waals surface area contributed by atoms with Crippen molar-refractivity contribution in [2.45, 2.75) is 39.2 Å². The van der Waals surface area contributed by atoms with Gasteiger partial charge in [0.1, 0.15) is 0 Å². The molecule has 1 amide bonds. The summed E-state index contributed by atoms with van der Waals surface area (Å²) in [5.41, 5.74) is 6.15. The van der Waals surface area contributed by atoms with Crippen LogP contribution in [0.25, 0.3) is 22.0 Å². The molecule has 0 spiro atoms. The van der Waals surface area contributed by atoms with Crippen LogP contribution in [0.3, 0.4) is 0 Å². The van der Waals surface area contributed by atoms with Gasteiger partial charge in [-0.1, -0.05) is 12.1 Å². The number of carbonyl (C=O) groups excluding carboxylic acids is 1. The first-order valence-corrected chi connectivity index (χ1v) is 12.2. The molecule has 0 saturated carbocycles. The Hall–Kier alpha value is -3.52. The summed E-state index contributed by atoms with van der Waals surface area (Å²) in [6, 6.07) is 6.54. The smallest absolute Gasteiger partial charge is 0.219 e. The van der Waals surface area contributed by atoms with Gasteiger partial charge in [-0.25, -0.2) is 0 Å². The van der Waals surface area contributed by atoms with Crippen LogP contribution >= 0.6 is 0 Å². The molecule has 2 aromatic heterocycles. The van der Waals surface area contributed by atoms with E-state index in [1.165, 1.54) is 0 Å². The normalized spacial score (nSPS) is 17.2. The average Bonchev–Trinajstić information content (AvgIpc) is 3.30. The minimum absolute atomic E-state index is 0.0397. The van der Waals surface area contributed by atoms with Crippen molar-refractivity contribution in [2.24, 2.45) is 7.05 Å². The summed E-state index contributed by atoms with van der Waals surface area (Å²) in [5, 5.41) is 19.3. The van der Waals surface area contributed by atoms with Crippen molar-refractivity contribution in [3.63, 3.8) is 0 Å². The van der Waals surface area contributed by atoms with Crippen molar-refractivity contribution in [1.82, 2.24) is 25.0 Å². The lowest BCUT2D eigenvalue weighted by atomic mass is 9.89. The van der Waals surface area contributed by atoms with Crippen molar-refractivity contribution in [1.29, 1.82) is 5.41 Å². The molecule has 0 radical (unpaired) electrons. The average molecular weight is 473 g/mol. The second kappa shape index (κ2) is 9.62. The minimum atomic E-state index is 0.0397. The van der Waals surface area contributed by atoms with Gasteiger partial charge < -0.3 is 15.0 Å². The van der Waals surface area contributed by atoms with E-state index in [1.807, 2.05) is 37.5 Å². The molecule has 2 N–H and O–H groups in total. The molecule has 0 unspecified atom stereocenters. The number of amides is 1. The molecule has 0 aliphatic carbocycles. The Morgan fingerprint density at radius 3 is 2.74 bits per heavy atom. The van der Waals surface area contributed by atoms with Crippen LogP contribution in [0, 0.1) is 12.3 Å². The summed E-state index contributed by atoms with van der Waals surface area (Å²) in [6.07, 6.45) is 8.25. The molecule has 182 valence electrons. The van der Waals surface area contributed by atoms with E-state index in [0.29, 0.717) is 24.8 Å². The molecule has 2 aliphatic rings. The van der Waals surface area contributed by atoms with Gasteiger partial charge in [0, 0.05) is 92.9 Å². The molecule has 0 atom stereocenters. The highest BCUT2D eigenvalue weighted by Crippen LogP contribution is 2.30. The zero-order valence-electron chi connectivity index (χ0n) is 20.6. The van der Waals surface area contributed by atoms with Crippen LogP contribution in [0.2, 0.25) is 0 Å². The number of hydrogen-bond donors (Lipinski definition) is 2. The molecule has 8 nitrogen and oxygen atoms in total. The number of ether oxygens (including phenoxy) is 1.